The zero-order valence-electron chi connectivity index (χ0n) is 19.0. The average Bonchev–Trinajstić information content (AvgIpc) is 3.22. The predicted octanol–water partition coefficient (Wildman–Crippen LogP) is 3.39. The second kappa shape index (κ2) is 10.4. The van der Waals surface area contributed by atoms with Crippen LogP contribution in [-0.2, 0) is 35.0 Å². The third-order valence-electron chi connectivity index (χ3n) is 5.73. The zero-order valence-corrected chi connectivity index (χ0v) is 19.0. The molecule has 0 bridgehead atoms. The number of hydrogen-bond acceptors (Lipinski definition) is 5. The molecular weight excluding hydrogens is 508 g/mol. The lowest BCUT2D eigenvalue weighted by Gasteiger charge is -2.41. The van der Waals surface area contributed by atoms with E-state index in [0.29, 0.717) is 12.1 Å². The molecule has 37 heavy (non-hydrogen) atoms. The van der Waals surface area contributed by atoms with Crippen molar-refractivity contribution in [3.05, 3.63) is 87.1 Å². The van der Waals surface area contributed by atoms with Gasteiger partial charge in [0.15, 0.2) is 0 Å². The van der Waals surface area contributed by atoms with Gasteiger partial charge in [-0.1, -0.05) is 30.3 Å². The number of halogens is 6. The summed E-state index contributed by atoms with van der Waals surface area (Å²) in [5.74, 6) is -0.0963. The molecule has 1 aliphatic heterocycles. The van der Waals surface area contributed by atoms with Crippen molar-refractivity contribution >= 4 is 5.91 Å². The van der Waals surface area contributed by atoms with Crippen molar-refractivity contribution in [1.82, 2.24) is 25.4 Å². The van der Waals surface area contributed by atoms with Gasteiger partial charge in [-0.05, 0) is 29.3 Å². The van der Waals surface area contributed by atoms with Crippen molar-refractivity contribution in [3.63, 3.8) is 0 Å². The second-order valence-corrected chi connectivity index (χ2v) is 8.49. The van der Waals surface area contributed by atoms with E-state index < -0.39 is 47.9 Å². The van der Waals surface area contributed by atoms with Crippen molar-refractivity contribution in [2.24, 2.45) is 0 Å². The summed E-state index contributed by atoms with van der Waals surface area (Å²) < 4.78 is 84.5. The van der Waals surface area contributed by atoms with Crippen LogP contribution in [0.15, 0.2) is 53.3 Å². The number of ether oxygens (including phenoxy) is 1. The number of alkyl halides is 6. The van der Waals surface area contributed by atoms with E-state index in [1.54, 1.807) is 35.2 Å². The largest absolute Gasteiger partial charge is 0.416 e. The fourth-order valence-electron chi connectivity index (χ4n) is 4.23. The number of carbonyl (C=O) groups excluding carboxylic acids is 1. The van der Waals surface area contributed by atoms with Gasteiger partial charge in [-0.3, -0.25) is 14.7 Å². The number of rotatable bonds is 7. The molecule has 8 nitrogen and oxygen atoms in total. The molecular formula is C23H21F6N5O3. The van der Waals surface area contributed by atoms with Crippen molar-refractivity contribution in [1.29, 1.82) is 0 Å². The van der Waals surface area contributed by atoms with Gasteiger partial charge in [0.05, 0.1) is 49.5 Å². The summed E-state index contributed by atoms with van der Waals surface area (Å²) in [5.41, 5.74) is -2.94. The number of nitrogens with one attached hydrogen (secondary N) is 3. The van der Waals surface area contributed by atoms with Crippen LogP contribution in [0.2, 0.25) is 0 Å². The van der Waals surface area contributed by atoms with Gasteiger partial charge >= 0.3 is 18.0 Å². The Morgan fingerprint density at radius 2 is 1.62 bits per heavy atom. The predicted molar refractivity (Wildman–Crippen MR) is 117 cm³/mol. The SMILES string of the molecule is O=C1CN(Cc2n[nH]c(=O)[nH]2)C(c2ccccc2)C(COCc2cc(C(F)(F)F)cc(C(F)(F)F)c2)N1. The molecule has 0 saturated carbocycles. The van der Waals surface area contributed by atoms with Gasteiger partial charge in [-0.2, -0.15) is 31.4 Å². The van der Waals surface area contributed by atoms with Gasteiger partial charge < -0.3 is 10.1 Å². The molecule has 0 spiro atoms. The number of amides is 1. The first-order valence-electron chi connectivity index (χ1n) is 11.0. The second-order valence-electron chi connectivity index (χ2n) is 8.49. The highest BCUT2D eigenvalue weighted by atomic mass is 19.4. The summed E-state index contributed by atoms with van der Waals surface area (Å²) in [4.78, 5) is 28.1. The third kappa shape index (κ3) is 6.57. The van der Waals surface area contributed by atoms with Crippen LogP contribution in [0.3, 0.4) is 0 Å². The summed E-state index contributed by atoms with van der Waals surface area (Å²) in [5, 5.41) is 8.89. The standard InChI is InChI=1S/C23H21F6N5O3/c24-22(25,26)15-6-13(7-16(8-15)23(27,28)29)11-37-12-17-20(14-4-2-1-3-5-14)34(10-19(35)30-17)9-18-31-21(36)33-32-18/h1-8,17,20H,9-12H2,(H,30,35)(H2,31,32,33,36). The summed E-state index contributed by atoms with van der Waals surface area (Å²) in [6, 6.07) is 9.00. The van der Waals surface area contributed by atoms with Crippen LogP contribution < -0.4 is 11.0 Å². The minimum Gasteiger partial charge on any atom is -0.375 e. The smallest absolute Gasteiger partial charge is 0.375 e. The number of hydrogen-bond donors (Lipinski definition) is 3. The third-order valence-corrected chi connectivity index (χ3v) is 5.73. The molecule has 2 heterocycles. The highest BCUT2D eigenvalue weighted by Gasteiger charge is 2.38. The molecule has 1 aliphatic rings. The van der Waals surface area contributed by atoms with E-state index in [1.807, 2.05) is 0 Å². The van der Waals surface area contributed by atoms with Crippen molar-refractivity contribution in [2.75, 3.05) is 13.2 Å². The fourth-order valence-corrected chi connectivity index (χ4v) is 4.23. The molecule has 1 aromatic heterocycles. The van der Waals surface area contributed by atoms with Crippen molar-refractivity contribution in [3.8, 4) is 0 Å². The molecule has 3 N–H and O–H groups in total. The van der Waals surface area contributed by atoms with E-state index in [0.717, 1.165) is 5.56 Å². The first-order chi connectivity index (χ1) is 17.4. The van der Waals surface area contributed by atoms with Crippen LogP contribution >= 0.6 is 0 Å². The molecule has 1 fully saturated rings. The lowest BCUT2D eigenvalue weighted by atomic mass is 9.95. The quantitative estimate of drug-likeness (QED) is 0.408. The Hall–Kier alpha value is -3.65. The summed E-state index contributed by atoms with van der Waals surface area (Å²) >= 11 is 0. The summed E-state index contributed by atoms with van der Waals surface area (Å²) in [6.45, 7) is -0.720. The van der Waals surface area contributed by atoms with Crippen LogP contribution in [0.1, 0.15) is 34.1 Å². The summed E-state index contributed by atoms with van der Waals surface area (Å²) in [6.07, 6.45) is -9.95. The van der Waals surface area contributed by atoms with Crippen molar-refractivity contribution < 1.29 is 35.9 Å². The minimum absolute atomic E-state index is 0.0481. The average molecular weight is 529 g/mol. The molecule has 0 radical (unpaired) electrons. The Bertz CT molecular complexity index is 1260. The first-order valence-corrected chi connectivity index (χ1v) is 11.0. The Kier molecular flexibility index (Phi) is 7.41. The lowest BCUT2D eigenvalue weighted by Crippen LogP contribution is -2.57. The Balaban J connectivity index is 1.55. The van der Waals surface area contributed by atoms with E-state index in [1.165, 1.54) is 0 Å². The van der Waals surface area contributed by atoms with Gasteiger partial charge in [-0.25, -0.2) is 9.89 Å². The first kappa shape index (κ1) is 26.4. The maximum atomic E-state index is 13.2. The number of carbonyl (C=O) groups is 1. The fraction of sp³-hybridized carbons (Fsp3) is 0.348. The maximum Gasteiger partial charge on any atom is 0.416 e. The molecule has 4 rings (SSSR count). The molecule has 1 amide bonds. The van der Waals surface area contributed by atoms with Gasteiger partial charge in [0.1, 0.15) is 5.82 Å². The highest BCUT2D eigenvalue weighted by Crippen LogP contribution is 2.36. The number of aromatic amines is 2. The van der Waals surface area contributed by atoms with Gasteiger partial charge in [0.25, 0.3) is 0 Å². The molecule has 3 aromatic rings. The normalized spacial score (nSPS) is 19.1. The van der Waals surface area contributed by atoms with Crippen LogP contribution in [0.5, 0.6) is 0 Å². The topological polar surface area (TPSA) is 103 Å². The molecule has 198 valence electrons. The van der Waals surface area contributed by atoms with E-state index in [4.69, 9.17) is 4.74 Å². The highest BCUT2D eigenvalue weighted by molar-refractivity contribution is 5.79. The van der Waals surface area contributed by atoms with Crippen LogP contribution in [0, 0.1) is 0 Å². The van der Waals surface area contributed by atoms with Crippen LogP contribution in [-0.4, -0.2) is 45.2 Å². The molecule has 2 atom stereocenters. The van der Waals surface area contributed by atoms with Gasteiger partial charge in [0.2, 0.25) is 5.91 Å². The van der Waals surface area contributed by atoms with E-state index in [9.17, 15) is 35.9 Å². The number of benzene rings is 2. The Morgan fingerprint density at radius 3 is 2.19 bits per heavy atom. The molecule has 14 heteroatoms. The number of aromatic nitrogens is 3. The van der Waals surface area contributed by atoms with Crippen LogP contribution in [0.25, 0.3) is 0 Å². The van der Waals surface area contributed by atoms with Gasteiger partial charge in [-0.15, -0.1) is 0 Å². The molecule has 2 aromatic carbocycles. The number of H-pyrrole nitrogens is 2. The number of nitrogens with zero attached hydrogens (tertiary/aromatic N) is 2. The molecule has 1 saturated heterocycles. The lowest BCUT2D eigenvalue weighted by molar-refractivity contribution is -0.143. The van der Waals surface area contributed by atoms with E-state index in [-0.39, 0.29) is 43.1 Å². The number of piperazine rings is 1. The summed E-state index contributed by atoms with van der Waals surface area (Å²) in [7, 11) is 0. The molecule has 0 aliphatic carbocycles. The van der Waals surface area contributed by atoms with Crippen molar-refractivity contribution in [2.45, 2.75) is 37.6 Å². The maximum absolute atomic E-state index is 13.2. The monoisotopic (exact) mass is 529 g/mol. The Morgan fingerprint density at radius 1 is 0.973 bits per heavy atom. The van der Waals surface area contributed by atoms with E-state index in [2.05, 4.69) is 20.5 Å². The Labute approximate surface area is 205 Å². The van der Waals surface area contributed by atoms with Gasteiger partial charge in [0, 0.05) is 0 Å². The minimum atomic E-state index is -4.97. The molecule has 2 unspecified atom stereocenters. The zero-order chi connectivity index (χ0) is 26.8. The van der Waals surface area contributed by atoms with E-state index >= 15 is 0 Å². The van der Waals surface area contributed by atoms with Crippen LogP contribution in [0.4, 0.5) is 26.3 Å².